The SMILES string of the molecule is Cc1ccc(F)cc1NC(=O)[C@H](C)N1C(=O)c2cc(Cl)c(Cl)cc2C1=O. The molecule has 0 saturated carbocycles. The van der Waals surface area contributed by atoms with Gasteiger partial charge in [-0.15, -0.1) is 0 Å². The predicted octanol–water partition coefficient (Wildman–Crippen LogP) is 4.06. The van der Waals surface area contributed by atoms with Crippen molar-refractivity contribution >= 4 is 46.6 Å². The van der Waals surface area contributed by atoms with Gasteiger partial charge in [0.2, 0.25) is 5.91 Å². The van der Waals surface area contributed by atoms with E-state index in [-0.39, 0.29) is 26.9 Å². The van der Waals surface area contributed by atoms with Crippen LogP contribution in [0.3, 0.4) is 0 Å². The van der Waals surface area contributed by atoms with E-state index in [2.05, 4.69) is 5.32 Å². The highest BCUT2D eigenvalue weighted by molar-refractivity contribution is 6.43. The molecule has 0 aliphatic carbocycles. The summed E-state index contributed by atoms with van der Waals surface area (Å²) in [6.45, 7) is 3.11. The molecule has 1 N–H and O–H groups in total. The molecule has 0 radical (unpaired) electrons. The quantitative estimate of drug-likeness (QED) is 0.797. The molecule has 5 nitrogen and oxygen atoms in total. The first-order valence-corrected chi connectivity index (χ1v) is 8.40. The maximum absolute atomic E-state index is 13.4. The minimum absolute atomic E-state index is 0.0889. The highest BCUT2D eigenvalue weighted by atomic mass is 35.5. The summed E-state index contributed by atoms with van der Waals surface area (Å²) in [7, 11) is 0. The first-order chi connectivity index (χ1) is 12.2. The molecule has 1 aliphatic heterocycles. The third kappa shape index (κ3) is 3.06. The van der Waals surface area contributed by atoms with Gasteiger partial charge in [0.25, 0.3) is 11.8 Å². The van der Waals surface area contributed by atoms with Gasteiger partial charge in [0.1, 0.15) is 11.9 Å². The Morgan fingerprint density at radius 1 is 1.08 bits per heavy atom. The van der Waals surface area contributed by atoms with Crippen molar-refractivity contribution in [1.29, 1.82) is 0 Å². The van der Waals surface area contributed by atoms with Gasteiger partial charge in [0.15, 0.2) is 0 Å². The molecule has 3 amide bonds. The van der Waals surface area contributed by atoms with Crippen LogP contribution in [0.2, 0.25) is 10.0 Å². The van der Waals surface area contributed by atoms with Gasteiger partial charge >= 0.3 is 0 Å². The molecule has 134 valence electrons. The van der Waals surface area contributed by atoms with E-state index in [1.54, 1.807) is 6.92 Å². The molecule has 2 aromatic rings. The number of hydrogen-bond donors (Lipinski definition) is 1. The Morgan fingerprint density at radius 2 is 1.62 bits per heavy atom. The number of amides is 3. The molecule has 0 aromatic heterocycles. The van der Waals surface area contributed by atoms with Crippen LogP contribution in [0.5, 0.6) is 0 Å². The van der Waals surface area contributed by atoms with Gasteiger partial charge in [-0.1, -0.05) is 29.3 Å². The third-order valence-corrected chi connectivity index (χ3v) is 4.91. The maximum Gasteiger partial charge on any atom is 0.262 e. The number of imide groups is 1. The van der Waals surface area contributed by atoms with Crippen molar-refractivity contribution in [3.8, 4) is 0 Å². The van der Waals surface area contributed by atoms with Gasteiger partial charge in [-0.3, -0.25) is 19.3 Å². The Labute approximate surface area is 158 Å². The number of halogens is 3. The number of rotatable bonds is 3. The van der Waals surface area contributed by atoms with E-state index in [1.165, 1.54) is 37.3 Å². The molecule has 0 fully saturated rings. The van der Waals surface area contributed by atoms with E-state index in [9.17, 15) is 18.8 Å². The zero-order valence-electron chi connectivity index (χ0n) is 13.8. The average molecular weight is 395 g/mol. The lowest BCUT2D eigenvalue weighted by Crippen LogP contribution is -2.45. The van der Waals surface area contributed by atoms with Gasteiger partial charge in [0.05, 0.1) is 21.2 Å². The second kappa shape index (κ2) is 6.70. The molecular weight excluding hydrogens is 382 g/mol. The van der Waals surface area contributed by atoms with Crippen molar-refractivity contribution in [2.75, 3.05) is 5.32 Å². The van der Waals surface area contributed by atoms with Crippen molar-refractivity contribution in [2.45, 2.75) is 19.9 Å². The number of fused-ring (bicyclic) bond motifs is 1. The smallest absolute Gasteiger partial charge is 0.262 e. The summed E-state index contributed by atoms with van der Waals surface area (Å²) in [5.74, 6) is -2.40. The maximum atomic E-state index is 13.4. The molecule has 8 heteroatoms. The van der Waals surface area contributed by atoms with Gasteiger partial charge in [-0.25, -0.2) is 4.39 Å². The molecular formula is C18H13Cl2FN2O3. The van der Waals surface area contributed by atoms with Gasteiger partial charge in [0, 0.05) is 5.69 Å². The summed E-state index contributed by atoms with van der Waals surface area (Å²) >= 11 is 11.8. The molecule has 0 spiro atoms. The molecule has 26 heavy (non-hydrogen) atoms. The predicted molar refractivity (Wildman–Crippen MR) is 96.2 cm³/mol. The number of aryl methyl sites for hydroxylation is 1. The van der Waals surface area contributed by atoms with Gasteiger partial charge in [-0.2, -0.15) is 0 Å². The fourth-order valence-electron chi connectivity index (χ4n) is 2.69. The molecule has 1 aliphatic rings. The van der Waals surface area contributed by atoms with E-state index in [4.69, 9.17) is 23.2 Å². The van der Waals surface area contributed by atoms with E-state index in [0.29, 0.717) is 5.56 Å². The topological polar surface area (TPSA) is 66.5 Å². The average Bonchev–Trinajstić information content (AvgIpc) is 2.81. The third-order valence-electron chi connectivity index (χ3n) is 4.18. The van der Waals surface area contributed by atoms with Crippen molar-refractivity contribution in [1.82, 2.24) is 4.90 Å². The van der Waals surface area contributed by atoms with Crippen LogP contribution in [0.15, 0.2) is 30.3 Å². The van der Waals surface area contributed by atoms with Crippen LogP contribution < -0.4 is 5.32 Å². The monoisotopic (exact) mass is 394 g/mol. The van der Waals surface area contributed by atoms with Crippen LogP contribution in [0.1, 0.15) is 33.2 Å². The fourth-order valence-corrected chi connectivity index (χ4v) is 3.01. The molecule has 0 saturated heterocycles. The second-order valence-electron chi connectivity index (χ2n) is 5.92. The fraction of sp³-hybridized carbons (Fsp3) is 0.167. The number of nitrogens with one attached hydrogen (secondary N) is 1. The molecule has 3 rings (SSSR count). The van der Waals surface area contributed by atoms with Crippen molar-refractivity contribution in [3.05, 3.63) is 62.9 Å². The van der Waals surface area contributed by atoms with E-state index in [1.807, 2.05) is 0 Å². The largest absolute Gasteiger partial charge is 0.324 e. The minimum atomic E-state index is -1.11. The minimum Gasteiger partial charge on any atom is -0.324 e. The van der Waals surface area contributed by atoms with Crippen LogP contribution in [0.4, 0.5) is 10.1 Å². The highest BCUT2D eigenvalue weighted by Crippen LogP contribution is 2.32. The number of hydrogen-bond acceptors (Lipinski definition) is 3. The zero-order chi connectivity index (χ0) is 19.2. The van der Waals surface area contributed by atoms with Crippen LogP contribution in [0, 0.1) is 12.7 Å². The van der Waals surface area contributed by atoms with Gasteiger partial charge < -0.3 is 5.32 Å². The summed E-state index contributed by atoms with van der Waals surface area (Å²) in [6, 6.07) is 5.46. The molecule has 2 aromatic carbocycles. The van der Waals surface area contributed by atoms with Crippen molar-refractivity contribution in [3.63, 3.8) is 0 Å². The lowest BCUT2D eigenvalue weighted by atomic mass is 10.1. The number of carbonyl (C=O) groups excluding carboxylic acids is 3. The Balaban J connectivity index is 1.87. The van der Waals surface area contributed by atoms with Crippen molar-refractivity contribution in [2.24, 2.45) is 0 Å². The van der Waals surface area contributed by atoms with E-state index in [0.717, 1.165) is 4.90 Å². The summed E-state index contributed by atoms with van der Waals surface area (Å²) in [6.07, 6.45) is 0. The van der Waals surface area contributed by atoms with Crippen molar-refractivity contribution < 1.29 is 18.8 Å². The molecule has 0 bridgehead atoms. The van der Waals surface area contributed by atoms with Crippen LogP contribution >= 0.6 is 23.2 Å². The Kier molecular flexibility index (Phi) is 4.73. The zero-order valence-corrected chi connectivity index (χ0v) is 15.3. The lowest BCUT2D eigenvalue weighted by Gasteiger charge is -2.22. The lowest BCUT2D eigenvalue weighted by molar-refractivity contribution is -0.119. The number of anilines is 1. The first-order valence-electron chi connectivity index (χ1n) is 7.64. The first kappa shape index (κ1) is 18.4. The Morgan fingerprint density at radius 3 is 2.15 bits per heavy atom. The summed E-state index contributed by atoms with van der Waals surface area (Å²) in [5.41, 5.74) is 1.09. The summed E-state index contributed by atoms with van der Waals surface area (Å²) in [5, 5.41) is 2.82. The van der Waals surface area contributed by atoms with Crippen LogP contribution in [0.25, 0.3) is 0 Å². The molecule has 1 atom stereocenters. The normalized spacial score (nSPS) is 14.4. The number of benzene rings is 2. The number of nitrogens with zero attached hydrogens (tertiary/aromatic N) is 1. The van der Waals surface area contributed by atoms with E-state index < -0.39 is 29.6 Å². The summed E-state index contributed by atoms with van der Waals surface area (Å²) in [4.78, 5) is 38.4. The van der Waals surface area contributed by atoms with Crippen LogP contribution in [-0.4, -0.2) is 28.7 Å². The molecule has 1 heterocycles. The second-order valence-corrected chi connectivity index (χ2v) is 6.73. The Hall–Kier alpha value is -2.44. The highest BCUT2D eigenvalue weighted by Gasteiger charge is 2.41. The Bertz CT molecular complexity index is 921. The van der Waals surface area contributed by atoms with E-state index >= 15 is 0 Å². The number of carbonyl (C=O) groups is 3. The van der Waals surface area contributed by atoms with Crippen LogP contribution in [-0.2, 0) is 4.79 Å². The standard InChI is InChI=1S/C18H13Cl2FN2O3/c1-8-3-4-10(21)5-15(8)22-16(24)9(2)23-17(25)11-6-13(19)14(20)7-12(11)18(23)26/h3-7,9H,1-2H3,(H,22,24)/t9-/m0/s1. The summed E-state index contributed by atoms with van der Waals surface area (Å²) < 4.78 is 13.4. The molecule has 0 unspecified atom stereocenters. The van der Waals surface area contributed by atoms with Gasteiger partial charge in [-0.05, 0) is 43.7 Å².